The van der Waals surface area contributed by atoms with Crippen molar-refractivity contribution in [3.63, 3.8) is 0 Å². The zero-order valence-corrected chi connectivity index (χ0v) is 9.36. The van der Waals surface area contributed by atoms with E-state index in [0.29, 0.717) is 24.5 Å². The molecule has 0 spiro atoms. The Morgan fingerprint density at radius 2 is 2.35 bits per heavy atom. The number of aromatic carboxylic acids is 1. The van der Waals surface area contributed by atoms with Crippen molar-refractivity contribution >= 4 is 17.7 Å². The number of anilines is 1. The van der Waals surface area contributed by atoms with Crippen LogP contribution in [0.15, 0.2) is 12.1 Å². The van der Waals surface area contributed by atoms with Crippen molar-refractivity contribution in [1.82, 2.24) is 10.3 Å². The molecule has 2 rings (SSSR count). The van der Waals surface area contributed by atoms with E-state index >= 15 is 0 Å². The van der Waals surface area contributed by atoms with Gasteiger partial charge in [-0.25, -0.2) is 9.78 Å². The van der Waals surface area contributed by atoms with Gasteiger partial charge in [0.1, 0.15) is 5.82 Å². The number of amides is 1. The standard InChI is InChI=1S/C11H13N3O3/c1-6-8(11(16)17)2-3-9(13-6)14-7-4-10(15)12-5-7/h2-3,7H,4-5H2,1H3,(H,12,15)(H,13,14)(H,16,17). The predicted molar refractivity (Wildman–Crippen MR) is 61.0 cm³/mol. The largest absolute Gasteiger partial charge is 0.478 e. The van der Waals surface area contributed by atoms with Crippen molar-refractivity contribution in [2.24, 2.45) is 0 Å². The molecule has 6 nitrogen and oxygen atoms in total. The Bertz CT molecular complexity index is 473. The van der Waals surface area contributed by atoms with Crippen LogP contribution in [0.1, 0.15) is 22.5 Å². The van der Waals surface area contributed by atoms with Gasteiger partial charge in [0, 0.05) is 13.0 Å². The molecule has 0 radical (unpaired) electrons. The van der Waals surface area contributed by atoms with Crippen LogP contribution in [0.4, 0.5) is 5.82 Å². The lowest BCUT2D eigenvalue weighted by Crippen LogP contribution is -2.23. The van der Waals surface area contributed by atoms with Crippen molar-refractivity contribution in [1.29, 1.82) is 0 Å². The van der Waals surface area contributed by atoms with Gasteiger partial charge in [-0.3, -0.25) is 4.79 Å². The summed E-state index contributed by atoms with van der Waals surface area (Å²) in [7, 11) is 0. The van der Waals surface area contributed by atoms with Gasteiger partial charge in [-0.15, -0.1) is 0 Å². The van der Waals surface area contributed by atoms with Gasteiger partial charge in [0.05, 0.1) is 17.3 Å². The molecule has 17 heavy (non-hydrogen) atoms. The first kappa shape index (κ1) is 11.4. The fraction of sp³-hybridized carbons (Fsp3) is 0.364. The molecule has 0 saturated carbocycles. The summed E-state index contributed by atoms with van der Waals surface area (Å²) in [4.78, 5) is 26.0. The molecule has 0 aliphatic carbocycles. The second kappa shape index (κ2) is 4.40. The Kier molecular flexibility index (Phi) is 2.95. The third-order valence-electron chi connectivity index (χ3n) is 2.65. The molecule has 1 amide bonds. The summed E-state index contributed by atoms with van der Waals surface area (Å²) in [5, 5.41) is 14.7. The number of nitrogens with zero attached hydrogens (tertiary/aromatic N) is 1. The summed E-state index contributed by atoms with van der Waals surface area (Å²) in [6.07, 6.45) is 0.418. The van der Waals surface area contributed by atoms with Crippen molar-refractivity contribution in [3.8, 4) is 0 Å². The molecule has 0 bridgehead atoms. The molecule has 1 unspecified atom stereocenters. The van der Waals surface area contributed by atoms with E-state index in [0.717, 1.165) is 0 Å². The number of hydrogen-bond acceptors (Lipinski definition) is 4. The van der Waals surface area contributed by atoms with Crippen LogP contribution < -0.4 is 10.6 Å². The molecule has 0 aromatic carbocycles. The summed E-state index contributed by atoms with van der Waals surface area (Å²) in [5.41, 5.74) is 0.649. The lowest BCUT2D eigenvalue weighted by Gasteiger charge is -2.12. The van der Waals surface area contributed by atoms with Crippen molar-refractivity contribution in [2.75, 3.05) is 11.9 Å². The van der Waals surface area contributed by atoms with Gasteiger partial charge < -0.3 is 15.7 Å². The SMILES string of the molecule is Cc1nc(NC2CNC(=O)C2)ccc1C(=O)O. The molecule has 1 atom stereocenters. The van der Waals surface area contributed by atoms with Crippen LogP contribution >= 0.6 is 0 Å². The predicted octanol–water partition coefficient (Wildman–Crippen LogP) is 0.389. The zero-order valence-electron chi connectivity index (χ0n) is 9.36. The molecule has 1 saturated heterocycles. The van der Waals surface area contributed by atoms with Gasteiger partial charge in [0.25, 0.3) is 0 Å². The molecular formula is C11H13N3O3. The van der Waals surface area contributed by atoms with E-state index in [-0.39, 0.29) is 17.5 Å². The quantitative estimate of drug-likeness (QED) is 0.705. The number of pyridine rings is 1. The molecule has 1 aliphatic rings. The average molecular weight is 235 g/mol. The van der Waals surface area contributed by atoms with Crippen LogP contribution in [0.2, 0.25) is 0 Å². The van der Waals surface area contributed by atoms with E-state index in [1.165, 1.54) is 6.07 Å². The second-order valence-electron chi connectivity index (χ2n) is 3.98. The maximum absolute atomic E-state index is 11.0. The Balaban J connectivity index is 2.10. The van der Waals surface area contributed by atoms with E-state index in [1.807, 2.05) is 0 Å². The van der Waals surface area contributed by atoms with Crippen LogP contribution in [0, 0.1) is 6.92 Å². The van der Waals surface area contributed by atoms with E-state index in [1.54, 1.807) is 13.0 Å². The topological polar surface area (TPSA) is 91.3 Å². The van der Waals surface area contributed by atoms with Crippen molar-refractivity contribution in [3.05, 3.63) is 23.4 Å². The summed E-state index contributed by atoms with van der Waals surface area (Å²) in [5.74, 6) is -0.380. The first-order chi connectivity index (χ1) is 8.06. The fourth-order valence-corrected chi connectivity index (χ4v) is 1.78. The van der Waals surface area contributed by atoms with Gasteiger partial charge >= 0.3 is 5.97 Å². The highest BCUT2D eigenvalue weighted by Crippen LogP contribution is 2.13. The first-order valence-electron chi connectivity index (χ1n) is 5.30. The third kappa shape index (κ3) is 2.52. The normalized spacial score (nSPS) is 18.9. The first-order valence-corrected chi connectivity index (χ1v) is 5.30. The molecule has 6 heteroatoms. The number of carbonyl (C=O) groups excluding carboxylic acids is 1. The Hall–Kier alpha value is -2.11. The third-order valence-corrected chi connectivity index (χ3v) is 2.65. The number of aromatic nitrogens is 1. The van der Waals surface area contributed by atoms with Gasteiger partial charge in [0.2, 0.25) is 5.91 Å². The number of carbonyl (C=O) groups is 2. The molecule has 1 aliphatic heterocycles. The fourth-order valence-electron chi connectivity index (χ4n) is 1.78. The Morgan fingerprint density at radius 1 is 1.59 bits per heavy atom. The second-order valence-corrected chi connectivity index (χ2v) is 3.98. The molecule has 90 valence electrons. The van der Waals surface area contributed by atoms with Crippen molar-refractivity contribution < 1.29 is 14.7 Å². The highest BCUT2D eigenvalue weighted by molar-refractivity contribution is 5.89. The Morgan fingerprint density at radius 3 is 2.88 bits per heavy atom. The van der Waals surface area contributed by atoms with Crippen LogP contribution in [0.5, 0.6) is 0 Å². The van der Waals surface area contributed by atoms with E-state index in [9.17, 15) is 9.59 Å². The molecule has 3 N–H and O–H groups in total. The number of hydrogen-bond donors (Lipinski definition) is 3. The molecule has 1 aromatic heterocycles. The minimum atomic E-state index is -0.987. The van der Waals surface area contributed by atoms with Crippen LogP contribution in [-0.4, -0.2) is 34.6 Å². The summed E-state index contributed by atoms with van der Waals surface area (Å²) in [6.45, 7) is 2.22. The van der Waals surface area contributed by atoms with E-state index in [4.69, 9.17) is 5.11 Å². The highest BCUT2D eigenvalue weighted by Gasteiger charge is 2.21. The molecular weight excluding hydrogens is 222 g/mol. The Labute approximate surface area is 98.1 Å². The number of rotatable bonds is 3. The summed E-state index contributed by atoms with van der Waals surface area (Å²) >= 11 is 0. The maximum atomic E-state index is 11.0. The van der Waals surface area contributed by atoms with E-state index in [2.05, 4.69) is 15.6 Å². The number of nitrogens with one attached hydrogen (secondary N) is 2. The van der Waals surface area contributed by atoms with Gasteiger partial charge in [-0.1, -0.05) is 0 Å². The molecule has 1 aromatic rings. The maximum Gasteiger partial charge on any atom is 0.337 e. The summed E-state index contributed by atoms with van der Waals surface area (Å²) in [6, 6.07) is 3.14. The van der Waals surface area contributed by atoms with E-state index < -0.39 is 5.97 Å². The minimum absolute atomic E-state index is 0.0152. The number of carboxylic acids is 1. The molecule has 2 heterocycles. The van der Waals surface area contributed by atoms with Crippen LogP contribution in [0.25, 0.3) is 0 Å². The van der Waals surface area contributed by atoms with Gasteiger partial charge in [-0.2, -0.15) is 0 Å². The van der Waals surface area contributed by atoms with Gasteiger partial charge in [-0.05, 0) is 19.1 Å². The number of carboxylic acid groups (broad SMARTS) is 1. The minimum Gasteiger partial charge on any atom is -0.478 e. The van der Waals surface area contributed by atoms with Crippen LogP contribution in [0.3, 0.4) is 0 Å². The zero-order chi connectivity index (χ0) is 12.4. The monoisotopic (exact) mass is 235 g/mol. The highest BCUT2D eigenvalue weighted by atomic mass is 16.4. The number of aryl methyl sites for hydroxylation is 1. The average Bonchev–Trinajstić information content (AvgIpc) is 2.63. The lowest BCUT2D eigenvalue weighted by molar-refractivity contribution is -0.119. The van der Waals surface area contributed by atoms with Gasteiger partial charge in [0.15, 0.2) is 0 Å². The molecule has 1 fully saturated rings. The van der Waals surface area contributed by atoms with Crippen molar-refractivity contribution in [2.45, 2.75) is 19.4 Å². The smallest absolute Gasteiger partial charge is 0.337 e. The van der Waals surface area contributed by atoms with Crippen LogP contribution in [-0.2, 0) is 4.79 Å². The lowest BCUT2D eigenvalue weighted by atomic mass is 10.2. The summed E-state index contributed by atoms with van der Waals surface area (Å²) < 4.78 is 0.